The van der Waals surface area contributed by atoms with Crippen molar-refractivity contribution in [1.82, 2.24) is 9.80 Å². The van der Waals surface area contributed by atoms with E-state index in [0.29, 0.717) is 18.3 Å². The van der Waals surface area contributed by atoms with Crippen LogP contribution in [0.3, 0.4) is 0 Å². The fourth-order valence-electron chi connectivity index (χ4n) is 4.20. The molecular weight excluding hydrogens is 342 g/mol. The van der Waals surface area contributed by atoms with Crippen LogP contribution in [0, 0.1) is 12.8 Å². The van der Waals surface area contributed by atoms with Crippen molar-refractivity contribution in [3.05, 3.63) is 23.8 Å². The van der Waals surface area contributed by atoms with Crippen molar-refractivity contribution in [3.8, 4) is 5.75 Å². The topological polar surface area (TPSA) is 53.1 Å². The number of anilines is 1. The molecule has 3 rings (SSSR count). The van der Waals surface area contributed by atoms with Crippen LogP contribution in [0.2, 0.25) is 0 Å². The van der Waals surface area contributed by atoms with Gasteiger partial charge in [-0.05, 0) is 51.4 Å². The average molecular weight is 373 g/mol. The number of nitrogens with zero attached hydrogens (tertiary/aromatic N) is 3. The third kappa shape index (κ3) is 3.95. The van der Waals surface area contributed by atoms with Gasteiger partial charge >= 0.3 is 0 Å². The maximum Gasteiger partial charge on any atom is 0.228 e. The molecule has 2 saturated heterocycles. The van der Waals surface area contributed by atoms with Gasteiger partial charge in [0.1, 0.15) is 5.75 Å². The van der Waals surface area contributed by atoms with Crippen LogP contribution in [0.1, 0.15) is 31.7 Å². The molecule has 2 aliphatic rings. The molecule has 0 N–H and O–H groups in total. The molecule has 1 aromatic rings. The third-order valence-corrected chi connectivity index (χ3v) is 6.18. The molecule has 148 valence electrons. The maximum absolute atomic E-state index is 13.1. The smallest absolute Gasteiger partial charge is 0.228 e. The molecule has 0 spiro atoms. The summed E-state index contributed by atoms with van der Waals surface area (Å²) >= 11 is 0. The number of hydrogen-bond acceptors (Lipinski definition) is 4. The highest BCUT2D eigenvalue weighted by Crippen LogP contribution is 2.34. The number of likely N-dealkylation sites (tertiary alicyclic amines) is 1. The van der Waals surface area contributed by atoms with Crippen LogP contribution >= 0.6 is 0 Å². The minimum Gasteiger partial charge on any atom is -0.495 e. The SMILES string of the molecule is COc1ccc(C)cc1N1C[C@H](C(=O)N(C)[C@H]2CCN(C)[C@@H](C)C2)CC1=O. The van der Waals surface area contributed by atoms with Crippen molar-refractivity contribution in [1.29, 1.82) is 0 Å². The molecular formula is C21H31N3O3. The number of ether oxygens (including phenoxy) is 1. The zero-order valence-corrected chi connectivity index (χ0v) is 17.1. The maximum atomic E-state index is 13.1. The monoisotopic (exact) mass is 373 g/mol. The van der Waals surface area contributed by atoms with Gasteiger partial charge in [-0.3, -0.25) is 9.59 Å². The standard InChI is InChI=1S/C21H31N3O3/c1-14-6-7-19(27-5)18(10-14)24-13-16(12-20(24)25)21(26)23(4)17-8-9-22(3)15(2)11-17/h6-7,10,15-17H,8-9,11-13H2,1-5H3/t15-,16+,17-/m0/s1. The average Bonchev–Trinajstić information content (AvgIpc) is 3.04. The van der Waals surface area contributed by atoms with Gasteiger partial charge < -0.3 is 19.4 Å². The summed E-state index contributed by atoms with van der Waals surface area (Å²) in [6.07, 6.45) is 2.23. The Morgan fingerprint density at radius 3 is 2.74 bits per heavy atom. The van der Waals surface area contributed by atoms with Crippen molar-refractivity contribution >= 4 is 17.5 Å². The molecule has 0 unspecified atom stereocenters. The summed E-state index contributed by atoms with van der Waals surface area (Å²) in [5.41, 5.74) is 1.82. The van der Waals surface area contributed by atoms with E-state index in [9.17, 15) is 9.59 Å². The summed E-state index contributed by atoms with van der Waals surface area (Å²) in [4.78, 5) is 31.7. The summed E-state index contributed by atoms with van der Waals surface area (Å²) in [5, 5.41) is 0. The van der Waals surface area contributed by atoms with Crippen molar-refractivity contribution in [2.24, 2.45) is 5.92 Å². The molecule has 6 nitrogen and oxygen atoms in total. The number of carbonyl (C=O) groups is 2. The van der Waals surface area contributed by atoms with Crippen molar-refractivity contribution in [2.45, 2.75) is 45.2 Å². The molecule has 1 aromatic carbocycles. The quantitative estimate of drug-likeness (QED) is 0.813. The van der Waals surface area contributed by atoms with Crippen LogP contribution in [0.4, 0.5) is 5.69 Å². The van der Waals surface area contributed by atoms with E-state index in [2.05, 4.69) is 18.9 Å². The largest absolute Gasteiger partial charge is 0.495 e. The van der Waals surface area contributed by atoms with Gasteiger partial charge in [0, 0.05) is 38.6 Å². The molecule has 0 bridgehead atoms. The zero-order chi connectivity index (χ0) is 19.7. The Labute approximate surface area is 162 Å². The van der Waals surface area contributed by atoms with E-state index in [-0.39, 0.29) is 30.2 Å². The first kappa shape index (κ1) is 19.7. The first-order chi connectivity index (χ1) is 12.8. The van der Waals surface area contributed by atoms with E-state index in [0.717, 1.165) is 30.6 Å². The molecule has 2 aliphatic heterocycles. The molecule has 0 aliphatic carbocycles. The fraction of sp³-hybridized carbons (Fsp3) is 0.619. The Balaban J connectivity index is 1.71. The predicted octanol–water partition coefficient (Wildman–Crippen LogP) is 2.30. The van der Waals surface area contributed by atoms with Crippen molar-refractivity contribution in [3.63, 3.8) is 0 Å². The number of amides is 2. The lowest BCUT2D eigenvalue weighted by atomic mass is 9.96. The number of piperidine rings is 1. The molecule has 2 fully saturated rings. The number of rotatable bonds is 4. The zero-order valence-electron chi connectivity index (χ0n) is 17.1. The van der Waals surface area contributed by atoms with Crippen LogP contribution in [0.25, 0.3) is 0 Å². The lowest BCUT2D eigenvalue weighted by Crippen LogP contribution is -2.49. The molecule has 3 atom stereocenters. The van der Waals surface area contributed by atoms with Crippen LogP contribution < -0.4 is 9.64 Å². The highest BCUT2D eigenvalue weighted by atomic mass is 16.5. The molecule has 27 heavy (non-hydrogen) atoms. The Bertz CT molecular complexity index is 721. The lowest BCUT2D eigenvalue weighted by molar-refractivity contribution is -0.137. The van der Waals surface area contributed by atoms with Crippen molar-refractivity contribution < 1.29 is 14.3 Å². The molecule has 2 heterocycles. The Hall–Kier alpha value is -2.08. The van der Waals surface area contributed by atoms with Gasteiger partial charge in [0.2, 0.25) is 11.8 Å². The summed E-state index contributed by atoms with van der Waals surface area (Å²) in [6, 6.07) is 6.50. The second-order valence-corrected chi connectivity index (χ2v) is 8.04. The number of carbonyl (C=O) groups excluding carboxylic acids is 2. The van der Waals surface area contributed by atoms with E-state index in [1.165, 1.54) is 0 Å². The molecule has 0 saturated carbocycles. The molecule has 0 aromatic heterocycles. The minimum absolute atomic E-state index is 0.0117. The normalized spacial score (nSPS) is 26.3. The second-order valence-electron chi connectivity index (χ2n) is 8.04. The Morgan fingerprint density at radius 1 is 1.33 bits per heavy atom. The Morgan fingerprint density at radius 2 is 2.07 bits per heavy atom. The van der Waals surface area contributed by atoms with Crippen LogP contribution in [0.5, 0.6) is 5.75 Å². The predicted molar refractivity (Wildman–Crippen MR) is 106 cm³/mol. The van der Waals surface area contributed by atoms with Gasteiger partial charge in [0.25, 0.3) is 0 Å². The third-order valence-electron chi connectivity index (χ3n) is 6.18. The first-order valence-corrected chi connectivity index (χ1v) is 9.73. The van der Waals surface area contributed by atoms with Gasteiger partial charge in [-0.2, -0.15) is 0 Å². The van der Waals surface area contributed by atoms with E-state index in [1.807, 2.05) is 37.1 Å². The number of aryl methyl sites for hydroxylation is 1. The number of hydrogen-bond donors (Lipinski definition) is 0. The van der Waals surface area contributed by atoms with E-state index >= 15 is 0 Å². The molecule has 0 radical (unpaired) electrons. The van der Waals surface area contributed by atoms with Crippen LogP contribution in [-0.4, -0.2) is 68.0 Å². The first-order valence-electron chi connectivity index (χ1n) is 9.73. The summed E-state index contributed by atoms with van der Waals surface area (Å²) in [7, 11) is 5.63. The molecule has 6 heteroatoms. The van der Waals surface area contributed by atoms with Gasteiger partial charge in [-0.25, -0.2) is 0 Å². The highest BCUT2D eigenvalue weighted by molar-refractivity contribution is 6.01. The fourth-order valence-corrected chi connectivity index (χ4v) is 4.20. The van der Waals surface area contributed by atoms with Gasteiger partial charge in [0.05, 0.1) is 18.7 Å². The van der Waals surface area contributed by atoms with E-state index in [1.54, 1.807) is 12.0 Å². The van der Waals surface area contributed by atoms with E-state index < -0.39 is 0 Å². The minimum atomic E-state index is -0.289. The van der Waals surface area contributed by atoms with Gasteiger partial charge in [0.15, 0.2) is 0 Å². The van der Waals surface area contributed by atoms with Crippen LogP contribution in [0.15, 0.2) is 18.2 Å². The summed E-state index contributed by atoms with van der Waals surface area (Å²) in [5.74, 6) is 0.448. The summed E-state index contributed by atoms with van der Waals surface area (Å²) < 4.78 is 5.43. The summed E-state index contributed by atoms with van der Waals surface area (Å²) in [6.45, 7) is 5.61. The van der Waals surface area contributed by atoms with Crippen LogP contribution in [-0.2, 0) is 9.59 Å². The highest BCUT2D eigenvalue weighted by Gasteiger charge is 2.39. The molecule has 2 amide bonds. The lowest BCUT2D eigenvalue weighted by Gasteiger charge is -2.40. The Kier molecular flexibility index (Phi) is 5.75. The van der Waals surface area contributed by atoms with Gasteiger partial charge in [-0.1, -0.05) is 6.07 Å². The number of benzene rings is 1. The van der Waals surface area contributed by atoms with Gasteiger partial charge in [-0.15, -0.1) is 0 Å². The second kappa shape index (κ2) is 7.89. The van der Waals surface area contributed by atoms with Crippen molar-refractivity contribution in [2.75, 3.05) is 39.2 Å². The number of methoxy groups -OCH3 is 1. The van der Waals surface area contributed by atoms with E-state index in [4.69, 9.17) is 4.74 Å².